The Morgan fingerprint density at radius 3 is 2.55 bits per heavy atom. The summed E-state index contributed by atoms with van der Waals surface area (Å²) in [5.74, 6) is 0. The molecule has 2 aromatic carbocycles. The number of hydrogen-bond acceptors (Lipinski definition) is 1. The first kappa shape index (κ1) is 16.9. The molecule has 0 unspecified atom stereocenters. The number of fused-ring (bicyclic) bond motifs is 5. The van der Waals surface area contributed by atoms with E-state index in [2.05, 4.69) is 90.2 Å². The van der Waals surface area contributed by atoms with E-state index in [1.54, 1.807) is 0 Å². The molecule has 0 atom stereocenters. The highest BCUT2D eigenvalue weighted by Crippen LogP contribution is 2.40. The van der Waals surface area contributed by atoms with E-state index in [1.165, 1.54) is 59.7 Å². The Morgan fingerprint density at radius 2 is 1.76 bits per heavy atom. The fraction of sp³-hybridized carbons (Fsp3) is 0.200. The van der Waals surface area contributed by atoms with Crippen LogP contribution in [0.5, 0.6) is 0 Å². The molecule has 0 fully saturated rings. The number of aryl methyl sites for hydroxylation is 2. The first-order valence-electron chi connectivity index (χ1n) is 10.2. The van der Waals surface area contributed by atoms with Gasteiger partial charge >= 0.3 is 0 Å². The second-order valence-electron chi connectivity index (χ2n) is 9.37. The van der Waals surface area contributed by atoms with Gasteiger partial charge in [0.15, 0.2) is 6.20 Å². The van der Waals surface area contributed by atoms with Gasteiger partial charge in [-0.3, -0.25) is 4.98 Å². The first-order valence-corrected chi connectivity index (χ1v) is 13.7. The number of aromatic nitrogens is 3. The molecule has 4 heterocycles. The lowest BCUT2D eigenvalue weighted by atomic mass is 10.00. The molecule has 4 aromatic heterocycles. The van der Waals surface area contributed by atoms with Crippen LogP contribution in [0.25, 0.3) is 49.0 Å². The molecule has 0 N–H and O–H groups in total. The molecule has 142 valence electrons. The van der Waals surface area contributed by atoms with E-state index in [0.717, 1.165) is 0 Å². The van der Waals surface area contributed by atoms with Crippen LogP contribution in [0.1, 0.15) is 5.56 Å². The molecule has 6 rings (SSSR count). The van der Waals surface area contributed by atoms with Gasteiger partial charge in [-0.25, -0.2) is 4.57 Å². The van der Waals surface area contributed by atoms with Crippen molar-refractivity contribution in [2.75, 3.05) is 0 Å². The van der Waals surface area contributed by atoms with E-state index in [0.29, 0.717) is 0 Å². The van der Waals surface area contributed by atoms with E-state index < -0.39 is 8.07 Å². The first-order chi connectivity index (χ1) is 13.9. The summed E-state index contributed by atoms with van der Waals surface area (Å²) in [5.41, 5.74) is 6.52. The fourth-order valence-corrected chi connectivity index (χ4v) is 6.15. The Bertz CT molecular complexity index is 1600. The number of benzene rings is 2. The van der Waals surface area contributed by atoms with Gasteiger partial charge in [0.05, 0.1) is 35.4 Å². The highest BCUT2D eigenvalue weighted by molar-refractivity contribution is 6.89. The van der Waals surface area contributed by atoms with E-state index in [4.69, 9.17) is 0 Å². The summed E-state index contributed by atoms with van der Waals surface area (Å²) in [7, 11) is 0.699. The second-order valence-corrected chi connectivity index (χ2v) is 14.4. The van der Waals surface area contributed by atoms with Crippen molar-refractivity contribution in [1.29, 1.82) is 0 Å². The van der Waals surface area contributed by atoms with Crippen LogP contribution >= 0.6 is 0 Å². The standard InChI is InChI=1S/C25H24N3Si/c1-15-6-7-18-19-14-26-10-8-20(19)28-21-13-17(29(3,4)5)12-16-9-11-27(2)25(23(16)21)22(15)24(18)28/h6-14H,1-5H3/q+1. The minimum absolute atomic E-state index is 1.23. The Hall–Kier alpha value is -2.98. The predicted molar refractivity (Wildman–Crippen MR) is 125 cm³/mol. The van der Waals surface area contributed by atoms with Gasteiger partial charge in [-0.2, -0.15) is 0 Å². The number of hydrogen-bond donors (Lipinski definition) is 0. The summed E-state index contributed by atoms with van der Waals surface area (Å²) < 4.78 is 4.79. The van der Waals surface area contributed by atoms with Crippen LogP contribution in [-0.4, -0.2) is 17.5 Å². The highest BCUT2D eigenvalue weighted by atomic mass is 28.3. The molecule has 0 aliphatic heterocycles. The van der Waals surface area contributed by atoms with Crippen molar-refractivity contribution in [3.05, 3.63) is 60.6 Å². The third kappa shape index (κ3) is 2.07. The van der Waals surface area contributed by atoms with Crippen LogP contribution in [0.4, 0.5) is 0 Å². The predicted octanol–water partition coefficient (Wildman–Crippen LogP) is 5.06. The SMILES string of the molecule is Cc1ccc2c3cnccc3n3c4cc([Si](C)(C)C)cc5cc[n+](C)c(c1c23)c54. The molecule has 0 saturated carbocycles. The maximum absolute atomic E-state index is 4.44. The normalized spacial score (nSPS) is 13.0. The average molecular weight is 395 g/mol. The minimum Gasteiger partial charge on any atom is -0.307 e. The third-order valence-electron chi connectivity index (χ3n) is 6.50. The van der Waals surface area contributed by atoms with Crippen molar-refractivity contribution in [1.82, 2.24) is 9.38 Å². The van der Waals surface area contributed by atoms with E-state index in [1.807, 2.05) is 12.4 Å². The monoisotopic (exact) mass is 394 g/mol. The summed E-state index contributed by atoms with van der Waals surface area (Å²) in [6, 6.07) is 13.9. The average Bonchev–Trinajstić information content (AvgIpc) is 3.02. The van der Waals surface area contributed by atoms with Gasteiger partial charge in [-0.1, -0.05) is 43.0 Å². The lowest BCUT2D eigenvalue weighted by Gasteiger charge is -2.20. The molecule has 0 bridgehead atoms. The summed E-state index contributed by atoms with van der Waals surface area (Å²) in [4.78, 5) is 4.44. The molecule has 4 heteroatoms. The van der Waals surface area contributed by atoms with Crippen molar-refractivity contribution in [3.8, 4) is 0 Å². The van der Waals surface area contributed by atoms with Gasteiger partial charge < -0.3 is 4.40 Å². The van der Waals surface area contributed by atoms with E-state index in [-0.39, 0.29) is 0 Å². The Labute approximate surface area is 170 Å². The van der Waals surface area contributed by atoms with Crippen LogP contribution in [-0.2, 0) is 7.05 Å². The van der Waals surface area contributed by atoms with Crippen molar-refractivity contribution in [2.45, 2.75) is 26.6 Å². The zero-order valence-corrected chi connectivity index (χ0v) is 18.5. The van der Waals surface area contributed by atoms with Gasteiger partial charge in [0.25, 0.3) is 0 Å². The van der Waals surface area contributed by atoms with Crippen LogP contribution in [0.15, 0.2) is 55.0 Å². The van der Waals surface area contributed by atoms with Crippen molar-refractivity contribution >= 4 is 62.3 Å². The fourth-order valence-electron chi connectivity index (χ4n) is 4.99. The molecular weight excluding hydrogens is 370 g/mol. The smallest absolute Gasteiger partial charge is 0.224 e. The zero-order chi connectivity index (χ0) is 20.1. The molecule has 29 heavy (non-hydrogen) atoms. The van der Waals surface area contributed by atoms with E-state index >= 15 is 0 Å². The third-order valence-corrected chi connectivity index (χ3v) is 8.52. The second kappa shape index (κ2) is 5.33. The van der Waals surface area contributed by atoms with E-state index in [9.17, 15) is 0 Å². The summed E-state index contributed by atoms with van der Waals surface area (Å²) in [6.45, 7) is 9.52. The maximum Gasteiger partial charge on any atom is 0.224 e. The molecule has 0 amide bonds. The molecule has 0 aliphatic rings. The number of nitrogens with zero attached hydrogens (tertiary/aromatic N) is 3. The molecule has 0 saturated heterocycles. The highest BCUT2D eigenvalue weighted by Gasteiger charge is 2.26. The number of rotatable bonds is 1. The zero-order valence-electron chi connectivity index (χ0n) is 17.5. The molecule has 3 nitrogen and oxygen atoms in total. The van der Waals surface area contributed by atoms with Gasteiger partial charge in [0.2, 0.25) is 5.52 Å². The molecule has 0 spiro atoms. The van der Waals surface area contributed by atoms with Gasteiger partial charge in [0, 0.05) is 29.2 Å². The quantitative estimate of drug-likeness (QED) is 0.165. The van der Waals surface area contributed by atoms with Crippen LogP contribution < -0.4 is 9.75 Å². The van der Waals surface area contributed by atoms with Crippen molar-refractivity contribution in [2.24, 2.45) is 7.05 Å². The largest absolute Gasteiger partial charge is 0.307 e. The Balaban J connectivity index is 2.08. The summed E-state index contributed by atoms with van der Waals surface area (Å²) in [5, 5.41) is 8.06. The summed E-state index contributed by atoms with van der Waals surface area (Å²) in [6.07, 6.45) is 6.15. The molecule has 6 aromatic rings. The Kier molecular flexibility index (Phi) is 3.11. The van der Waals surface area contributed by atoms with Crippen molar-refractivity contribution < 1.29 is 4.57 Å². The van der Waals surface area contributed by atoms with Gasteiger partial charge in [0.1, 0.15) is 7.05 Å². The van der Waals surface area contributed by atoms with Gasteiger partial charge in [-0.05, 0) is 30.0 Å². The van der Waals surface area contributed by atoms with Crippen molar-refractivity contribution in [3.63, 3.8) is 0 Å². The lowest BCUT2D eigenvalue weighted by Crippen LogP contribution is -2.38. The van der Waals surface area contributed by atoms with Crippen LogP contribution in [0.2, 0.25) is 19.6 Å². The lowest BCUT2D eigenvalue weighted by molar-refractivity contribution is -0.643. The van der Waals surface area contributed by atoms with Gasteiger partial charge in [-0.15, -0.1) is 0 Å². The topological polar surface area (TPSA) is 21.2 Å². The maximum atomic E-state index is 4.44. The molecule has 0 aliphatic carbocycles. The van der Waals surface area contributed by atoms with Crippen LogP contribution in [0, 0.1) is 6.92 Å². The Morgan fingerprint density at radius 1 is 0.931 bits per heavy atom. The van der Waals surface area contributed by atoms with Crippen LogP contribution in [0.3, 0.4) is 0 Å². The molecule has 0 radical (unpaired) electrons. The number of pyridine rings is 3. The summed E-state index contributed by atoms with van der Waals surface area (Å²) >= 11 is 0. The molecular formula is C25H24N3Si+. The minimum atomic E-state index is -1.47.